The molecule has 1 fully saturated rings. The second-order valence-electron chi connectivity index (χ2n) is 4.85. The molecule has 1 rings (SSSR count). The first-order valence-electron chi connectivity index (χ1n) is 6.02. The maximum Gasteiger partial charge on any atom is 0.235 e. The van der Waals surface area contributed by atoms with E-state index in [1.807, 2.05) is 11.9 Å². The molecular formula is C12H22N2OS2. The highest BCUT2D eigenvalue weighted by Crippen LogP contribution is 2.43. The number of rotatable bonds is 6. The molecule has 1 saturated carbocycles. The van der Waals surface area contributed by atoms with Crippen LogP contribution >= 0.6 is 24.0 Å². The summed E-state index contributed by atoms with van der Waals surface area (Å²) < 4.78 is 0. The van der Waals surface area contributed by atoms with Crippen molar-refractivity contribution >= 4 is 34.9 Å². The summed E-state index contributed by atoms with van der Waals surface area (Å²) in [4.78, 5) is 14.6. The fourth-order valence-electron chi connectivity index (χ4n) is 2.12. The Kier molecular flexibility index (Phi) is 5.25. The Balaban J connectivity index is 2.65. The van der Waals surface area contributed by atoms with Gasteiger partial charge < -0.3 is 10.6 Å². The molecule has 1 amide bonds. The number of amides is 1. The van der Waals surface area contributed by atoms with Crippen LogP contribution in [-0.4, -0.2) is 40.9 Å². The molecule has 0 aromatic heterocycles. The number of nitrogens with two attached hydrogens (primary N) is 1. The average molecular weight is 274 g/mol. The van der Waals surface area contributed by atoms with E-state index in [1.54, 1.807) is 11.8 Å². The summed E-state index contributed by atoms with van der Waals surface area (Å²) in [5, 5.41) is 0. The van der Waals surface area contributed by atoms with E-state index >= 15 is 0 Å². The van der Waals surface area contributed by atoms with Crippen molar-refractivity contribution in [1.82, 2.24) is 4.90 Å². The zero-order valence-corrected chi connectivity index (χ0v) is 12.5. The third kappa shape index (κ3) is 2.94. The lowest BCUT2D eigenvalue weighted by atomic mass is 9.67. The normalized spacial score (nSPS) is 19.2. The number of hydrogen-bond donors (Lipinski definition) is 1. The highest BCUT2D eigenvalue weighted by atomic mass is 32.2. The molecule has 17 heavy (non-hydrogen) atoms. The Bertz CT molecular complexity index is 303. The smallest absolute Gasteiger partial charge is 0.235 e. The molecule has 1 unspecified atom stereocenters. The first-order chi connectivity index (χ1) is 7.95. The molecule has 0 aromatic carbocycles. The largest absolute Gasteiger partial charge is 0.392 e. The molecule has 0 heterocycles. The topological polar surface area (TPSA) is 46.3 Å². The lowest BCUT2D eigenvalue weighted by Crippen LogP contribution is -2.55. The van der Waals surface area contributed by atoms with Gasteiger partial charge in [-0.3, -0.25) is 4.79 Å². The van der Waals surface area contributed by atoms with Gasteiger partial charge >= 0.3 is 0 Å². The lowest BCUT2D eigenvalue weighted by molar-refractivity contribution is -0.142. The summed E-state index contributed by atoms with van der Waals surface area (Å²) in [6.07, 6.45) is 5.78. The molecule has 5 heteroatoms. The van der Waals surface area contributed by atoms with E-state index in [4.69, 9.17) is 18.0 Å². The van der Waals surface area contributed by atoms with Crippen molar-refractivity contribution in [3.63, 3.8) is 0 Å². The molecule has 0 bridgehead atoms. The molecule has 0 spiro atoms. The van der Waals surface area contributed by atoms with Crippen LogP contribution in [0.2, 0.25) is 0 Å². The van der Waals surface area contributed by atoms with Crippen LogP contribution in [0.15, 0.2) is 0 Å². The molecule has 3 nitrogen and oxygen atoms in total. The van der Waals surface area contributed by atoms with E-state index in [2.05, 4.69) is 13.2 Å². The summed E-state index contributed by atoms with van der Waals surface area (Å²) >= 11 is 6.88. The Morgan fingerprint density at radius 3 is 2.53 bits per heavy atom. The van der Waals surface area contributed by atoms with Crippen molar-refractivity contribution < 1.29 is 4.79 Å². The van der Waals surface area contributed by atoms with Crippen LogP contribution in [-0.2, 0) is 4.79 Å². The molecule has 0 radical (unpaired) electrons. The molecule has 1 aliphatic rings. The van der Waals surface area contributed by atoms with Crippen LogP contribution in [0.5, 0.6) is 0 Å². The highest BCUT2D eigenvalue weighted by Gasteiger charge is 2.48. The van der Waals surface area contributed by atoms with Gasteiger partial charge in [-0.25, -0.2) is 0 Å². The summed E-state index contributed by atoms with van der Waals surface area (Å²) in [5.41, 5.74) is 5.22. The van der Waals surface area contributed by atoms with Crippen molar-refractivity contribution in [2.75, 3.05) is 19.1 Å². The average Bonchev–Trinajstić information content (AvgIpc) is 2.22. The van der Waals surface area contributed by atoms with Crippen LogP contribution in [0.1, 0.15) is 32.6 Å². The molecule has 98 valence electrons. The molecule has 2 N–H and O–H groups in total. The van der Waals surface area contributed by atoms with Crippen LogP contribution in [0.25, 0.3) is 0 Å². The number of hydrogen-bond acceptors (Lipinski definition) is 3. The van der Waals surface area contributed by atoms with Crippen LogP contribution in [0.3, 0.4) is 0 Å². The molecule has 1 aliphatic carbocycles. The standard InChI is InChI=1S/C12H22N2OS2/c1-9(5-8-17-3)14(2)11(15)12(10(13)16)6-4-7-12/h9H,4-8H2,1-3H3,(H2,13,16). The second kappa shape index (κ2) is 6.05. The minimum absolute atomic E-state index is 0.116. The Morgan fingerprint density at radius 1 is 1.59 bits per heavy atom. The van der Waals surface area contributed by atoms with Crippen molar-refractivity contribution in [3.05, 3.63) is 0 Å². The van der Waals surface area contributed by atoms with Crippen molar-refractivity contribution in [2.45, 2.75) is 38.6 Å². The maximum atomic E-state index is 12.4. The van der Waals surface area contributed by atoms with E-state index < -0.39 is 5.41 Å². The second-order valence-corrected chi connectivity index (χ2v) is 6.27. The minimum atomic E-state index is -0.530. The zero-order chi connectivity index (χ0) is 13.1. The van der Waals surface area contributed by atoms with E-state index in [-0.39, 0.29) is 11.9 Å². The van der Waals surface area contributed by atoms with Crippen LogP contribution in [0, 0.1) is 5.41 Å². The van der Waals surface area contributed by atoms with E-state index in [0.29, 0.717) is 4.99 Å². The van der Waals surface area contributed by atoms with Gasteiger partial charge in [0.15, 0.2) is 0 Å². The predicted molar refractivity (Wildman–Crippen MR) is 78.3 cm³/mol. The summed E-state index contributed by atoms with van der Waals surface area (Å²) in [6.45, 7) is 2.08. The fourth-order valence-corrected chi connectivity index (χ4v) is 2.98. The van der Waals surface area contributed by atoms with E-state index in [1.165, 1.54) is 0 Å². The van der Waals surface area contributed by atoms with Gasteiger partial charge in [0.05, 0.1) is 10.4 Å². The molecule has 1 atom stereocenters. The first kappa shape index (κ1) is 14.8. The van der Waals surface area contributed by atoms with Gasteiger partial charge in [0.2, 0.25) is 5.91 Å². The molecule has 0 saturated heterocycles. The minimum Gasteiger partial charge on any atom is -0.392 e. The number of thioether (sulfide) groups is 1. The Labute approximate surface area is 113 Å². The van der Waals surface area contributed by atoms with E-state index in [0.717, 1.165) is 31.4 Å². The van der Waals surface area contributed by atoms with Gasteiger partial charge in [0, 0.05) is 13.1 Å². The molecular weight excluding hydrogens is 252 g/mol. The quantitative estimate of drug-likeness (QED) is 0.753. The van der Waals surface area contributed by atoms with Crippen molar-refractivity contribution in [1.29, 1.82) is 0 Å². The lowest BCUT2D eigenvalue weighted by Gasteiger charge is -2.43. The number of carbonyl (C=O) groups is 1. The van der Waals surface area contributed by atoms with Gasteiger partial charge in [-0.15, -0.1) is 0 Å². The summed E-state index contributed by atoms with van der Waals surface area (Å²) in [5.74, 6) is 1.18. The third-order valence-corrected chi connectivity index (χ3v) is 4.84. The maximum absolute atomic E-state index is 12.4. The highest BCUT2D eigenvalue weighted by molar-refractivity contribution is 7.98. The monoisotopic (exact) mass is 274 g/mol. The van der Waals surface area contributed by atoms with E-state index in [9.17, 15) is 4.79 Å². The summed E-state index contributed by atoms with van der Waals surface area (Å²) in [6, 6.07) is 0.252. The Morgan fingerprint density at radius 2 is 2.18 bits per heavy atom. The van der Waals surface area contributed by atoms with Gasteiger partial charge in [-0.1, -0.05) is 18.6 Å². The van der Waals surface area contributed by atoms with Crippen molar-refractivity contribution in [2.24, 2.45) is 11.1 Å². The molecule has 0 aliphatic heterocycles. The van der Waals surface area contributed by atoms with Crippen LogP contribution in [0.4, 0.5) is 0 Å². The predicted octanol–water partition coefficient (Wildman–Crippen LogP) is 2.04. The number of carbonyl (C=O) groups excluding carboxylic acids is 1. The first-order valence-corrected chi connectivity index (χ1v) is 7.82. The van der Waals surface area contributed by atoms with Crippen molar-refractivity contribution in [3.8, 4) is 0 Å². The SMILES string of the molecule is CSCCC(C)N(C)C(=O)C1(C(N)=S)CCC1. The van der Waals surface area contributed by atoms with Crippen LogP contribution < -0.4 is 5.73 Å². The Hall–Kier alpha value is -0.290. The zero-order valence-electron chi connectivity index (χ0n) is 10.9. The number of thiocarbonyl (C=S) groups is 1. The third-order valence-electron chi connectivity index (χ3n) is 3.81. The number of nitrogens with zero attached hydrogens (tertiary/aromatic N) is 1. The summed E-state index contributed by atoms with van der Waals surface area (Å²) in [7, 11) is 1.87. The molecule has 0 aromatic rings. The van der Waals surface area contributed by atoms with Gasteiger partial charge in [0.1, 0.15) is 0 Å². The fraction of sp³-hybridized carbons (Fsp3) is 0.833. The van der Waals surface area contributed by atoms with Gasteiger partial charge in [0.25, 0.3) is 0 Å². The van der Waals surface area contributed by atoms with Gasteiger partial charge in [-0.05, 0) is 38.2 Å². The van der Waals surface area contributed by atoms with Gasteiger partial charge in [-0.2, -0.15) is 11.8 Å².